The molecule has 2 aromatic carbocycles. The first-order valence-electron chi connectivity index (χ1n) is 9.74. The van der Waals surface area contributed by atoms with E-state index in [1.807, 2.05) is 30.3 Å². The number of likely N-dealkylation sites (tertiary alicyclic amines) is 1. The molecule has 26 heavy (non-hydrogen) atoms. The van der Waals surface area contributed by atoms with Gasteiger partial charge in [0.2, 0.25) is 0 Å². The SMILES string of the molecule is CC(C)c1ccccc1NC(=O)c1ccc(CN2CCC[C@@H](C)C2)cc1. The Hall–Kier alpha value is -2.13. The number of para-hydroxylation sites is 1. The zero-order chi connectivity index (χ0) is 18.5. The third-order valence-electron chi connectivity index (χ3n) is 5.19. The van der Waals surface area contributed by atoms with Crippen LogP contribution in [-0.2, 0) is 6.54 Å². The van der Waals surface area contributed by atoms with E-state index in [-0.39, 0.29) is 5.91 Å². The van der Waals surface area contributed by atoms with Crippen molar-refractivity contribution in [3.63, 3.8) is 0 Å². The second-order valence-electron chi connectivity index (χ2n) is 7.88. The molecule has 0 spiro atoms. The Bertz CT molecular complexity index is 736. The largest absolute Gasteiger partial charge is 0.322 e. The van der Waals surface area contributed by atoms with Crippen molar-refractivity contribution in [1.82, 2.24) is 4.90 Å². The summed E-state index contributed by atoms with van der Waals surface area (Å²) in [5.41, 5.74) is 4.05. The maximum Gasteiger partial charge on any atom is 0.255 e. The molecule has 1 fully saturated rings. The molecule has 0 bridgehead atoms. The van der Waals surface area contributed by atoms with Gasteiger partial charge in [0.15, 0.2) is 0 Å². The van der Waals surface area contributed by atoms with Crippen molar-refractivity contribution in [2.75, 3.05) is 18.4 Å². The normalized spacial score (nSPS) is 18.1. The molecule has 1 aliphatic heterocycles. The van der Waals surface area contributed by atoms with Crippen LogP contribution < -0.4 is 5.32 Å². The lowest BCUT2D eigenvalue weighted by Crippen LogP contribution is -2.33. The van der Waals surface area contributed by atoms with Crippen molar-refractivity contribution < 1.29 is 4.79 Å². The van der Waals surface area contributed by atoms with E-state index in [4.69, 9.17) is 0 Å². The van der Waals surface area contributed by atoms with Gasteiger partial charge in [-0.15, -0.1) is 0 Å². The standard InChI is InChI=1S/C23H30N2O/c1-17(2)21-8-4-5-9-22(21)24-23(26)20-12-10-19(11-13-20)16-25-14-6-7-18(3)15-25/h4-5,8-13,17-18H,6-7,14-16H2,1-3H3,(H,24,26)/t18-/m1/s1. The first kappa shape index (κ1) is 18.7. The van der Waals surface area contributed by atoms with Gasteiger partial charge in [0.25, 0.3) is 5.91 Å². The van der Waals surface area contributed by atoms with Gasteiger partial charge in [-0.3, -0.25) is 9.69 Å². The fourth-order valence-corrected chi connectivity index (χ4v) is 3.76. The number of carbonyl (C=O) groups is 1. The molecular weight excluding hydrogens is 320 g/mol. The van der Waals surface area contributed by atoms with Gasteiger partial charge in [0, 0.05) is 24.3 Å². The first-order chi connectivity index (χ1) is 12.5. The smallest absolute Gasteiger partial charge is 0.255 e. The van der Waals surface area contributed by atoms with Crippen molar-refractivity contribution >= 4 is 11.6 Å². The van der Waals surface area contributed by atoms with Crippen molar-refractivity contribution in [2.24, 2.45) is 5.92 Å². The Morgan fingerprint density at radius 3 is 2.58 bits per heavy atom. The minimum absolute atomic E-state index is 0.0451. The van der Waals surface area contributed by atoms with Gasteiger partial charge in [0.1, 0.15) is 0 Å². The molecule has 3 nitrogen and oxygen atoms in total. The summed E-state index contributed by atoms with van der Waals surface area (Å²) in [6.07, 6.45) is 2.63. The summed E-state index contributed by atoms with van der Waals surface area (Å²) in [6.45, 7) is 9.94. The van der Waals surface area contributed by atoms with Crippen molar-refractivity contribution in [3.8, 4) is 0 Å². The zero-order valence-electron chi connectivity index (χ0n) is 16.2. The molecule has 3 heteroatoms. The highest BCUT2D eigenvalue weighted by Crippen LogP contribution is 2.24. The molecule has 0 radical (unpaired) electrons. The number of piperidine rings is 1. The zero-order valence-corrected chi connectivity index (χ0v) is 16.2. The van der Waals surface area contributed by atoms with Crippen LogP contribution in [-0.4, -0.2) is 23.9 Å². The summed E-state index contributed by atoms with van der Waals surface area (Å²) in [5.74, 6) is 1.12. The highest BCUT2D eigenvalue weighted by Gasteiger charge is 2.16. The number of nitrogens with one attached hydrogen (secondary N) is 1. The van der Waals surface area contributed by atoms with Gasteiger partial charge in [-0.25, -0.2) is 0 Å². The number of hydrogen-bond donors (Lipinski definition) is 1. The Labute approximate surface area is 157 Å². The van der Waals surface area contributed by atoms with Crippen LogP contribution in [0.4, 0.5) is 5.69 Å². The number of amides is 1. The van der Waals surface area contributed by atoms with Crippen LogP contribution in [0.15, 0.2) is 48.5 Å². The van der Waals surface area contributed by atoms with E-state index in [9.17, 15) is 4.79 Å². The summed E-state index contributed by atoms with van der Waals surface area (Å²) < 4.78 is 0. The molecule has 0 aliphatic carbocycles. The van der Waals surface area contributed by atoms with Gasteiger partial charge >= 0.3 is 0 Å². The van der Waals surface area contributed by atoms with Gasteiger partial charge in [-0.05, 0) is 60.5 Å². The quantitative estimate of drug-likeness (QED) is 0.794. The van der Waals surface area contributed by atoms with E-state index in [0.717, 1.165) is 23.7 Å². The lowest BCUT2D eigenvalue weighted by molar-refractivity contribution is 0.102. The fraction of sp³-hybridized carbons (Fsp3) is 0.435. The van der Waals surface area contributed by atoms with Gasteiger partial charge in [-0.1, -0.05) is 51.1 Å². The topological polar surface area (TPSA) is 32.3 Å². The number of benzene rings is 2. The molecule has 1 amide bonds. The second kappa shape index (κ2) is 8.50. The predicted octanol–water partition coefficient (Wildman–Crippen LogP) is 5.29. The van der Waals surface area contributed by atoms with Crippen LogP contribution in [0.2, 0.25) is 0 Å². The van der Waals surface area contributed by atoms with Crippen molar-refractivity contribution in [2.45, 2.75) is 46.1 Å². The third-order valence-corrected chi connectivity index (χ3v) is 5.19. The van der Waals surface area contributed by atoms with Crippen LogP contribution in [0.25, 0.3) is 0 Å². The molecule has 1 N–H and O–H groups in total. The van der Waals surface area contributed by atoms with Crippen molar-refractivity contribution in [3.05, 3.63) is 65.2 Å². The van der Waals surface area contributed by atoms with Crippen LogP contribution in [0.5, 0.6) is 0 Å². The molecule has 1 saturated heterocycles. The van der Waals surface area contributed by atoms with Crippen LogP contribution in [0.1, 0.15) is 61.0 Å². The molecule has 1 atom stereocenters. The van der Waals surface area contributed by atoms with E-state index in [1.165, 1.54) is 31.5 Å². The number of rotatable bonds is 5. The van der Waals surface area contributed by atoms with Crippen LogP contribution in [0.3, 0.4) is 0 Å². The van der Waals surface area contributed by atoms with E-state index in [0.29, 0.717) is 11.5 Å². The Morgan fingerprint density at radius 1 is 1.15 bits per heavy atom. The lowest BCUT2D eigenvalue weighted by Gasteiger charge is -2.30. The highest BCUT2D eigenvalue weighted by atomic mass is 16.1. The lowest BCUT2D eigenvalue weighted by atomic mass is 9.99. The maximum atomic E-state index is 12.6. The Balaban J connectivity index is 1.64. The van der Waals surface area contributed by atoms with E-state index >= 15 is 0 Å². The molecule has 1 heterocycles. The number of hydrogen-bond acceptors (Lipinski definition) is 2. The number of carbonyl (C=O) groups excluding carboxylic acids is 1. The van der Waals surface area contributed by atoms with E-state index < -0.39 is 0 Å². The summed E-state index contributed by atoms with van der Waals surface area (Å²) in [7, 11) is 0. The third kappa shape index (κ3) is 4.73. The Kier molecular flexibility index (Phi) is 6.10. The highest BCUT2D eigenvalue weighted by molar-refractivity contribution is 6.04. The molecule has 0 unspecified atom stereocenters. The first-order valence-corrected chi connectivity index (χ1v) is 9.74. The average Bonchev–Trinajstić information content (AvgIpc) is 2.62. The van der Waals surface area contributed by atoms with Gasteiger partial charge < -0.3 is 5.32 Å². The maximum absolute atomic E-state index is 12.6. The number of nitrogens with zero attached hydrogens (tertiary/aromatic N) is 1. The molecular formula is C23H30N2O. The monoisotopic (exact) mass is 350 g/mol. The summed E-state index contributed by atoms with van der Waals surface area (Å²) in [6, 6.07) is 16.1. The molecule has 138 valence electrons. The molecule has 2 aromatic rings. The summed E-state index contributed by atoms with van der Waals surface area (Å²) >= 11 is 0. The molecule has 1 aliphatic rings. The average molecular weight is 351 g/mol. The number of anilines is 1. The van der Waals surface area contributed by atoms with Crippen LogP contribution in [0, 0.1) is 5.92 Å². The molecule has 0 saturated carbocycles. The summed E-state index contributed by atoms with van der Waals surface area (Å²) in [5, 5.41) is 3.07. The molecule has 0 aromatic heterocycles. The van der Waals surface area contributed by atoms with Crippen molar-refractivity contribution in [1.29, 1.82) is 0 Å². The minimum atomic E-state index is -0.0451. The van der Waals surface area contributed by atoms with E-state index in [1.54, 1.807) is 0 Å². The second-order valence-corrected chi connectivity index (χ2v) is 7.88. The fourth-order valence-electron chi connectivity index (χ4n) is 3.76. The minimum Gasteiger partial charge on any atom is -0.322 e. The van der Waals surface area contributed by atoms with Gasteiger partial charge in [-0.2, -0.15) is 0 Å². The predicted molar refractivity (Wildman–Crippen MR) is 109 cm³/mol. The van der Waals surface area contributed by atoms with E-state index in [2.05, 4.69) is 49.2 Å². The summed E-state index contributed by atoms with van der Waals surface area (Å²) in [4.78, 5) is 15.1. The van der Waals surface area contributed by atoms with Crippen LogP contribution >= 0.6 is 0 Å². The van der Waals surface area contributed by atoms with Gasteiger partial charge in [0.05, 0.1) is 0 Å². The molecule has 3 rings (SSSR count). The Morgan fingerprint density at radius 2 is 1.88 bits per heavy atom.